The molecule has 2 aromatic carbocycles. The van der Waals surface area contributed by atoms with Crippen molar-refractivity contribution in [3.05, 3.63) is 48.0 Å². The van der Waals surface area contributed by atoms with Gasteiger partial charge in [0, 0.05) is 24.1 Å². The molecule has 1 heterocycles. The second-order valence-electron chi connectivity index (χ2n) is 15.1. The molecule has 0 spiro atoms. The summed E-state index contributed by atoms with van der Waals surface area (Å²) < 4.78 is 70.6. The highest BCUT2D eigenvalue weighted by Crippen LogP contribution is 2.39. The molecular weight excluding hydrogens is 621 g/mol. The molecule has 0 aliphatic carbocycles. The smallest absolute Gasteiger partial charge is 0.411 e. The lowest BCUT2D eigenvalue weighted by atomic mass is 10.0. The molecule has 250 valence electrons. The number of carbonyl (C=O) groups is 2. The Kier molecular flexibility index (Phi) is 10.4. The summed E-state index contributed by atoms with van der Waals surface area (Å²) in [6, 6.07) is 5.88. The molecule has 0 radical (unpaired) electrons. The van der Waals surface area contributed by atoms with Crippen molar-refractivity contribution in [2.24, 2.45) is 0 Å². The fourth-order valence-electron chi connectivity index (χ4n) is 4.67. The molecule has 1 saturated heterocycles. The molecule has 0 saturated carbocycles. The van der Waals surface area contributed by atoms with Gasteiger partial charge in [-0.25, -0.2) is 26.7 Å². The van der Waals surface area contributed by atoms with E-state index in [2.05, 4.69) is 43.9 Å². The Morgan fingerprint density at radius 1 is 0.956 bits per heavy atom. The van der Waals surface area contributed by atoms with Crippen molar-refractivity contribution in [1.82, 2.24) is 9.62 Å². The number of anilines is 1. The molecule has 2 amide bonds. The number of sulfonamides is 1. The van der Waals surface area contributed by atoms with E-state index < -0.39 is 65.3 Å². The summed E-state index contributed by atoms with van der Waals surface area (Å²) in [6.07, 6.45) is -0.900. The third kappa shape index (κ3) is 9.33. The molecule has 0 aromatic heterocycles. The van der Waals surface area contributed by atoms with Crippen molar-refractivity contribution >= 4 is 36.0 Å². The van der Waals surface area contributed by atoms with Gasteiger partial charge in [0.25, 0.3) is 0 Å². The molecule has 45 heavy (non-hydrogen) atoms. The van der Waals surface area contributed by atoms with Crippen molar-refractivity contribution in [3.63, 3.8) is 0 Å². The van der Waals surface area contributed by atoms with Crippen molar-refractivity contribution in [3.8, 4) is 11.1 Å². The first-order valence-corrected chi connectivity index (χ1v) is 19.3. The van der Waals surface area contributed by atoms with Crippen LogP contribution in [0.15, 0.2) is 41.3 Å². The van der Waals surface area contributed by atoms with Crippen LogP contribution in [0.3, 0.4) is 0 Å². The minimum absolute atomic E-state index is 0.0407. The van der Waals surface area contributed by atoms with Crippen molar-refractivity contribution in [2.75, 3.05) is 11.9 Å². The van der Waals surface area contributed by atoms with Gasteiger partial charge in [-0.05, 0) is 95.6 Å². The maximum absolute atomic E-state index is 15.5. The molecule has 2 atom stereocenters. The summed E-state index contributed by atoms with van der Waals surface area (Å²) in [5.41, 5.74) is -1.74. The van der Waals surface area contributed by atoms with Crippen LogP contribution >= 0.6 is 0 Å². The average Bonchev–Trinajstić information content (AvgIpc) is 3.25. The molecule has 1 aliphatic rings. The minimum atomic E-state index is -4.09. The van der Waals surface area contributed by atoms with Crippen LogP contribution in [-0.4, -0.2) is 63.5 Å². The predicted octanol–water partition coefficient (Wildman–Crippen LogP) is 7.05. The Hall–Kier alpha value is -2.87. The highest BCUT2D eigenvalue weighted by atomic mass is 32.2. The molecule has 9 nitrogen and oxygen atoms in total. The van der Waals surface area contributed by atoms with E-state index in [4.69, 9.17) is 9.16 Å². The van der Waals surface area contributed by atoms with Crippen molar-refractivity contribution in [1.29, 1.82) is 0 Å². The van der Waals surface area contributed by atoms with Crippen LogP contribution in [0.25, 0.3) is 11.1 Å². The van der Waals surface area contributed by atoms with Gasteiger partial charge >= 0.3 is 6.09 Å². The van der Waals surface area contributed by atoms with Gasteiger partial charge in [0.05, 0.1) is 16.7 Å². The standard InChI is InChI=1S/C32H47F2N3O6SSi/c1-30(2,3)36-44(40,41)27-15-13-21(33)17-23(27)20-12-14-25(24(34)16-20)35-28(38)26-18-22(43-45(10,11)32(7,8)9)19-37(26)29(39)42-31(4,5)6/h12-17,22,26,36H,18-19H2,1-11H3,(H,35,38). The molecule has 2 unspecified atom stereocenters. The molecule has 2 aromatic rings. The maximum Gasteiger partial charge on any atom is 0.411 e. The zero-order valence-electron chi connectivity index (χ0n) is 28.1. The Morgan fingerprint density at radius 2 is 1.58 bits per heavy atom. The minimum Gasteiger partial charge on any atom is -0.444 e. The van der Waals surface area contributed by atoms with E-state index in [9.17, 15) is 22.4 Å². The number of nitrogens with one attached hydrogen (secondary N) is 2. The first-order chi connectivity index (χ1) is 20.3. The molecule has 3 rings (SSSR count). The fraction of sp³-hybridized carbons (Fsp3) is 0.562. The highest BCUT2D eigenvalue weighted by molar-refractivity contribution is 7.89. The van der Waals surface area contributed by atoms with E-state index >= 15 is 4.39 Å². The van der Waals surface area contributed by atoms with Gasteiger partial charge in [0.1, 0.15) is 23.3 Å². The summed E-state index contributed by atoms with van der Waals surface area (Å²) in [5, 5.41) is 2.47. The SMILES string of the molecule is CC(C)(C)NS(=O)(=O)c1ccc(F)cc1-c1ccc(NC(=O)C2CC(O[Si](C)(C)C(C)(C)C)CN2C(=O)OC(C)(C)C)c(F)c1. The van der Waals surface area contributed by atoms with Gasteiger partial charge in [-0.15, -0.1) is 0 Å². The Balaban J connectivity index is 1.91. The number of halogens is 2. The number of carbonyl (C=O) groups excluding carboxylic acids is 2. The van der Waals surface area contributed by atoms with E-state index in [1.165, 1.54) is 17.0 Å². The van der Waals surface area contributed by atoms with Crippen LogP contribution in [0.2, 0.25) is 18.1 Å². The lowest BCUT2D eigenvalue weighted by molar-refractivity contribution is -0.120. The number of hydrogen-bond donors (Lipinski definition) is 2. The van der Waals surface area contributed by atoms with E-state index in [0.29, 0.717) is 0 Å². The van der Waals surface area contributed by atoms with Crippen molar-refractivity contribution < 1.29 is 36.0 Å². The topological polar surface area (TPSA) is 114 Å². The quantitative estimate of drug-likeness (QED) is 0.306. The highest BCUT2D eigenvalue weighted by Gasteiger charge is 2.46. The summed E-state index contributed by atoms with van der Waals surface area (Å²) in [7, 11) is -6.34. The van der Waals surface area contributed by atoms with Gasteiger partial charge in [0.2, 0.25) is 15.9 Å². The first kappa shape index (κ1) is 36.6. The zero-order chi connectivity index (χ0) is 34.3. The molecule has 1 aliphatic heterocycles. The van der Waals surface area contributed by atoms with Crippen LogP contribution in [0.5, 0.6) is 0 Å². The number of nitrogens with zero attached hydrogens (tertiary/aromatic N) is 1. The lowest BCUT2D eigenvalue weighted by Gasteiger charge is -2.38. The summed E-state index contributed by atoms with van der Waals surface area (Å²) in [4.78, 5) is 27.8. The Labute approximate surface area is 267 Å². The summed E-state index contributed by atoms with van der Waals surface area (Å²) in [6.45, 7) is 20.8. The van der Waals surface area contributed by atoms with Gasteiger partial charge in [0.15, 0.2) is 8.32 Å². The van der Waals surface area contributed by atoms with Crippen LogP contribution in [0.4, 0.5) is 19.3 Å². The monoisotopic (exact) mass is 667 g/mol. The first-order valence-electron chi connectivity index (χ1n) is 14.9. The number of amides is 2. The van der Waals surface area contributed by atoms with E-state index in [0.717, 1.165) is 24.3 Å². The summed E-state index contributed by atoms with van der Waals surface area (Å²) >= 11 is 0. The van der Waals surface area contributed by atoms with Crippen molar-refractivity contribution in [2.45, 2.75) is 115 Å². The predicted molar refractivity (Wildman–Crippen MR) is 174 cm³/mol. The Morgan fingerprint density at radius 3 is 2.11 bits per heavy atom. The normalized spacial score (nSPS) is 18.2. The maximum atomic E-state index is 15.5. The number of hydrogen-bond acceptors (Lipinski definition) is 6. The van der Waals surface area contributed by atoms with Gasteiger partial charge in [-0.3, -0.25) is 9.69 Å². The number of ether oxygens (including phenoxy) is 1. The van der Waals surface area contributed by atoms with Gasteiger partial charge in [-0.2, -0.15) is 0 Å². The van der Waals surface area contributed by atoms with Crippen LogP contribution < -0.4 is 10.0 Å². The Bertz CT molecular complexity index is 1550. The average molecular weight is 668 g/mol. The van der Waals surface area contributed by atoms with Gasteiger partial charge < -0.3 is 14.5 Å². The number of rotatable bonds is 7. The van der Waals surface area contributed by atoms with Crippen LogP contribution in [0, 0.1) is 11.6 Å². The largest absolute Gasteiger partial charge is 0.444 e. The molecule has 0 bridgehead atoms. The molecule has 1 fully saturated rings. The second kappa shape index (κ2) is 12.7. The van der Waals surface area contributed by atoms with E-state index in [-0.39, 0.29) is 39.7 Å². The van der Waals surface area contributed by atoms with Crippen LogP contribution in [-0.2, 0) is 24.0 Å². The zero-order valence-corrected chi connectivity index (χ0v) is 29.9. The lowest BCUT2D eigenvalue weighted by Crippen LogP contribution is -2.46. The third-order valence-corrected chi connectivity index (χ3v) is 14.0. The van der Waals surface area contributed by atoms with Crippen LogP contribution in [0.1, 0.15) is 68.7 Å². The van der Waals surface area contributed by atoms with E-state index in [1.807, 2.05) is 0 Å². The number of likely N-dealkylation sites (tertiary alicyclic amines) is 1. The van der Waals surface area contributed by atoms with Gasteiger partial charge in [-0.1, -0.05) is 26.8 Å². The molecule has 13 heteroatoms. The third-order valence-electron chi connectivity index (χ3n) is 7.67. The molecular formula is C32H47F2N3O6SSi. The fourth-order valence-corrected chi connectivity index (χ4v) is 7.65. The second-order valence-corrected chi connectivity index (χ2v) is 21.5. The van der Waals surface area contributed by atoms with E-state index in [1.54, 1.807) is 41.5 Å². The number of benzene rings is 2. The molecule has 2 N–H and O–H groups in total. The summed E-state index contributed by atoms with van der Waals surface area (Å²) in [5.74, 6) is -2.19.